The van der Waals surface area contributed by atoms with E-state index in [-0.39, 0.29) is 17.1 Å². The zero-order valence-electron chi connectivity index (χ0n) is 15.1. The SMILES string of the molecule is CN1C(C)(C)CC(CCNC(=O)Nc2ccccc2)CC1(C)C. The molecule has 1 fully saturated rings. The molecule has 4 nitrogen and oxygen atoms in total. The third-order valence-electron chi connectivity index (χ3n) is 5.26. The van der Waals surface area contributed by atoms with Crippen LogP contribution in [0.2, 0.25) is 0 Å². The van der Waals surface area contributed by atoms with Crippen molar-refractivity contribution in [2.24, 2.45) is 5.92 Å². The average Bonchev–Trinajstić information content (AvgIpc) is 2.45. The van der Waals surface area contributed by atoms with Gasteiger partial charge in [-0.1, -0.05) is 18.2 Å². The van der Waals surface area contributed by atoms with Crippen LogP contribution in [0.1, 0.15) is 47.0 Å². The second kappa shape index (κ2) is 6.91. The van der Waals surface area contributed by atoms with Gasteiger partial charge < -0.3 is 10.6 Å². The summed E-state index contributed by atoms with van der Waals surface area (Å²) in [4.78, 5) is 14.4. The van der Waals surface area contributed by atoms with Gasteiger partial charge in [-0.2, -0.15) is 0 Å². The van der Waals surface area contributed by atoms with Crippen LogP contribution in [-0.4, -0.2) is 35.6 Å². The van der Waals surface area contributed by atoms with Crippen LogP contribution in [0.15, 0.2) is 30.3 Å². The van der Waals surface area contributed by atoms with Gasteiger partial charge in [0.2, 0.25) is 0 Å². The fourth-order valence-corrected chi connectivity index (χ4v) is 3.87. The molecule has 2 N–H and O–H groups in total. The summed E-state index contributed by atoms with van der Waals surface area (Å²) in [5.41, 5.74) is 1.24. The molecule has 0 saturated carbocycles. The quantitative estimate of drug-likeness (QED) is 0.878. The number of piperidine rings is 1. The van der Waals surface area contributed by atoms with E-state index in [1.807, 2.05) is 30.3 Å². The minimum absolute atomic E-state index is 0.123. The number of likely N-dealkylation sites (tertiary alicyclic amines) is 1. The molecule has 1 saturated heterocycles. The number of hydrogen-bond acceptors (Lipinski definition) is 2. The van der Waals surface area contributed by atoms with Crippen LogP contribution in [-0.2, 0) is 0 Å². The van der Waals surface area contributed by atoms with E-state index in [1.165, 1.54) is 12.8 Å². The summed E-state index contributed by atoms with van der Waals surface area (Å²) in [6.45, 7) is 9.99. The molecule has 0 bridgehead atoms. The first-order chi connectivity index (χ1) is 10.7. The molecule has 1 aromatic carbocycles. The normalized spacial score (nSPS) is 20.9. The van der Waals surface area contributed by atoms with Gasteiger partial charge in [-0.15, -0.1) is 0 Å². The van der Waals surface area contributed by atoms with Crippen molar-refractivity contribution in [2.75, 3.05) is 18.9 Å². The lowest BCUT2D eigenvalue weighted by molar-refractivity contribution is -0.0313. The maximum absolute atomic E-state index is 11.9. The molecule has 23 heavy (non-hydrogen) atoms. The van der Waals surface area contributed by atoms with Gasteiger partial charge in [-0.05, 0) is 72.1 Å². The van der Waals surface area contributed by atoms with Gasteiger partial charge in [-0.3, -0.25) is 4.90 Å². The van der Waals surface area contributed by atoms with Gasteiger partial charge in [0, 0.05) is 23.3 Å². The number of anilines is 1. The molecule has 0 aromatic heterocycles. The highest BCUT2D eigenvalue weighted by Gasteiger charge is 2.42. The van der Waals surface area contributed by atoms with Gasteiger partial charge in [0.1, 0.15) is 0 Å². The highest BCUT2D eigenvalue weighted by Crippen LogP contribution is 2.41. The molecule has 1 heterocycles. The summed E-state index contributed by atoms with van der Waals surface area (Å²) in [6, 6.07) is 9.43. The van der Waals surface area contributed by atoms with Crippen LogP contribution < -0.4 is 10.6 Å². The van der Waals surface area contributed by atoms with Crippen molar-refractivity contribution in [2.45, 2.75) is 58.0 Å². The Morgan fingerprint density at radius 1 is 1.13 bits per heavy atom. The van der Waals surface area contributed by atoms with Crippen LogP contribution in [0.25, 0.3) is 0 Å². The highest BCUT2D eigenvalue weighted by molar-refractivity contribution is 5.89. The van der Waals surface area contributed by atoms with E-state index in [4.69, 9.17) is 0 Å². The van der Waals surface area contributed by atoms with Gasteiger partial charge in [0.15, 0.2) is 0 Å². The Kier molecular flexibility index (Phi) is 5.35. The summed E-state index contributed by atoms with van der Waals surface area (Å²) in [5, 5.41) is 5.84. The number of benzene rings is 1. The van der Waals surface area contributed by atoms with E-state index >= 15 is 0 Å². The Hall–Kier alpha value is -1.55. The van der Waals surface area contributed by atoms with Crippen molar-refractivity contribution >= 4 is 11.7 Å². The molecular formula is C19H31N3O. The first-order valence-electron chi connectivity index (χ1n) is 8.54. The van der Waals surface area contributed by atoms with E-state index in [0.717, 1.165) is 18.7 Å². The standard InChI is InChI=1S/C19H31N3O/c1-18(2)13-15(14-19(3,4)22(18)5)11-12-20-17(23)21-16-9-7-6-8-10-16/h6-10,15H,11-14H2,1-5H3,(H2,20,21,23). The lowest BCUT2D eigenvalue weighted by atomic mass is 9.73. The number of urea groups is 1. The van der Waals surface area contributed by atoms with E-state index in [9.17, 15) is 4.79 Å². The van der Waals surface area contributed by atoms with Gasteiger partial charge >= 0.3 is 6.03 Å². The van der Waals surface area contributed by atoms with Crippen molar-refractivity contribution in [3.63, 3.8) is 0 Å². The van der Waals surface area contributed by atoms with E-state index < -0.39 is 0 Å². The number of nitrogens with zero attached hydrogens (tertiary/aromatic N) is 1. The third-order valence-corrected chi connectivity index (χ3v) is 5.26. The number of carbonyl (C=O) groups excluding carboxylic acids is 1. The van der Waals surface area contributed by atoms with Crippen molar-refractivity contribution < 1.29 is 4.79 Å². The van der Waals surface area contributed by atoms with Crippen LogP contribution in [0.5, 0.6) is 0 Å². The Bertz CT molecular complexity index is 507. The van der Waals surface area contributed by atoms with Gasteiger partial charge in [0.05, 0.1) is 0 Å². The smallest absolute Gasteiger partial charge is 0.319 e. The lowest BCUT2D eigenvalue weighted by Crippen LogP contribution is -2.58. The molecule has 0 spiro atoms. The zero-order chi connectivity index (χ0) is 17.1. The van der Waals surface area contributed by atoms with E-state index in [0.29, 0.717) is 5.92 Å². The molecule has 128 valence electrons. The molecule has 0 atom stereocenters. The second-order valence-electron chi connectivity index (χ2n) is 7.99. The minimum atomic E-state index is -0.123. The van der Waals surface area contributed by atoms with Crippen molar-refractivity contribution in [1.29, 1.82) is 0 Å². The summed E-state index contributed by atoms with van der Waals surface area (Å²) < 4.78 is 0. The van der Waals surface area contributed by atoms with Crippen LogP contribution in [0.3, 0.4) is 0 Å². The maximum Gasteiger partial charge on any atom is 0.319 e. The molecule has 4 heteroatoms. The number of carbonyl (C=O) groups is 1. The summed E-state index contributed by atoms with van der Waals surface area (Å²) in [5.74, 6) is 0.647. The molecule has 0 aliphatic carbocycles. The van der Waals surface area contributed by atoms with Crippen molar-refractivity contribution in [3.05, 3.63) is 30.3 Å². The first-order valence-corrected chi connectivity index (χ1v) is 8.54. The summed E-state index contributed by atoms with van der Waals surface area (Å²) in [7, 11) is 2.22. The molecule has 1 aliphatic heterocycles. The van der Waals surface area contributed by atoms with E-state index in [1.54, 1.807) is 0 Å². The molecule has 0 unspecified atom stereocenters. The Morgan fingerprint density at radius 2 is 1.70 bits per heavy atom. The third kappa shape index (κ3) is 4.71. The predicted octanol–water partition coefficient (Wildman–Crippen LogP) is 4.10. The van der Waals surface area contributed by atoms with Crippen LogP contribution in [0, 0.1) is 5.92 Å². The molecule has 1 aromatic rings. The molecular weight excluding hydrogens is 286 g/mol. The largest absolute Gasteiger partial charge is 0.338 e. The summed E-state index contributed by atoms with van der Waals surface area (Å²) in [6.07, 6.45) is 3.38. The van der Waals surface area contributed by atoms with E-state index in [2.05, 4.69) is 50.3 Å². The monoisotopic (exact) mass is 317 g/mol. The van der Waals surface area contributed by atoms with Crippen LogP contribution >= 0.6 is 0 Å². The fraction of sp³-hybridized carbons (Fsp3) is 0.632. The predicted molar refractivity (Wildman–Crippen MR) is 96.7 cm³/mol. The highest BCUT2D eigenvalue weighted by atomic mass is 16.2. The summed E-state index contributed by atoms with van der Waals surface area (Å²) >= 11 is 0. The Labute approximate surface area is 140 Å². The molecule has 1 aliphatic rings. The fourth-order valence-electron chi connectivity index (χ4n) is 3.87. The maximum atomic E-state index is 11.9. The average molecular weight is 317 g/mol. The number of rotatable bonds is 4. The lowest BCUT2D eigenvalue weighted by Gasteiger charge is -2.53. The van der Waals surface area contributed by atoms with Crippen molar-refractivity contribution in [3.8, 4) is 0 Å². The number of hydrogen-bond donors (Lipinski definition) is 2. The molecule has 2 rings (SSSR count). The van der Waals surface area contributed by atoms with Crippen LogP contribution in [0.4, 0.5) is 10.5 Å². The second-order valence-corrected chi connectivity index (χ2v) is 7.99. The minimum Gasteiger partial charge on any atom is -0.338 e. The topological polar surface area (TPSA) is 44.4 Å². The Balaban J connectivity index is 1.79. The van der Waals surface area contributed by atoms with Gasteiger partial charge in [0.25, 0.3) is 0 Å². The van der Waals surface area contributed by atoms with Gasteiger partial charge in [-0.25, -0.2) is 4.79 Å². The van der Waals surface area contributed by atoms with Crippen molar-refractivity contribution in [1.82, 2.24) is 10.2 Å². The first kappa shape index (κ1) is 17.8. The number of para-hydroxylation sites is 1. The molecule has 2 amide bonds. The number of amides is 2. The number of nitrogens with one attached hydrogen (secondary N) is 2. The Morgan fingerprint density at radius 3 is 2.26 bits per heavy atom. The molecule has 0 radical (unpaired) electrons. The zero-order valence-corrected chi connectivity index (χ0v) is 15.1.